The average Bonchev–Trinajstić information content (AvgIpc) is 3.31. The molecule has 0 spiro atoms. The number of phenols is 2. The summed E-state index contributed by atoms with van der Waals surface area (Å²) in [6.45, 7) is 1.81. The minimum absolute atomic E-state index is 0.0630. The van der Waals surface area contributed by atoms with Crippen molar-refractivity contribution in [2.45, 2.75) is 32.3 Å². The maximum absolute atomic E-state index is 12.6. The highest BCUT2D eigenvalue weighted by Gasteiger charge is 2.36. The van der Waals surface area contributed by atoms with Crippen LogP contribution in [0.25, 0.3) is 0 Å². The molecule has 3 atom stereocenters. The second kappa shape index (κ2) is 7.41. The van der Waals surface area contributed by atoms with Crippen LogP contribution in [0.4, 0.5) is 0 Å². The predicted molar refractivity (Wildman–Crippen MR) is 97.1 cm³/mol. The Morgan fingerprint density at radius 2 is 2.00 bits per heavy atom. The Morgan fingerprint density at radius 1 is 1.23 bits per heavy atom. The van der Waals surface area contributed by atoms with Crippen molar-refractivity contribution in [1.82, 2.24) is 0 Å². The Bertz CT molecular complexity index is 815. The molecule has 1 heterocycles. The SMILES string of the molecule is C[C@@H]1C[C@H]2C[C@@H]2/C=C/C=C/C(=N/O)Cc2c(Cl)c(O)cc(O)c2C(=O)O1. The molecule has 0 saturated heterocycles. The van der Waals surface area contributed by atoms with Gasteiger partial charge in [-0.1, -0.05) is 35.0 Å². The summed E-state index contributed by atoms with van der Waals surface area (Å²) in [5.74, 6) is -0.625. The minimum atomic E-state index is -0.724. The Hall–Kier alpha value is -2.47. The van der Waals surface area contributed by atoms with Crippen LogP contribution in [-0.4, -0.2) is 33.2 Å². The van der Waals surface area contributed by atoms with Crippen molar-refractivity contribution < 1.29 is 25.0 Å². The van der Waals surface area contributed by atoms with E-state index in [1.165, 1.54) is 0 Å². The van der Waals surface area contributed by atoms with Gasteiger partial charge in [0.05, 0.1) is 16.8 Å². The molecule has 1 aromatic rings. The molecule has 3 N–H and O–H groups in total. The van der Waals surface area contributed by atoms with Gasteiger partial charge in [0, 0.05) is 12.5 Å². The molecule has 26 heavy (non-hydrogen) atoms. The molecule has 1 aliphatic carbocycles. The first-order chi connectivity index (χ1) is 12.4. The number of halogens is 1. The zero-order chi connectivity index (χ0) is 18.8. The smallest absolute Gasteiger partial charge is 0.342 e. The monoisotopic (exact) mass is 377 g/mol. The molecule has 7 heteroatoms. The van der Waals surface area contributed by atoms with Gasteiger partial charge in [0.1, 0.15) is 17.1 Å². The number of fused-ring (bicyclic) bond motifs is 2. The molecule has 138 valence electrons. The number of rotatable bonds is 0. The van der Waals surface area contributed by atoms with Crippen LogP contribution in [-0.2, 0) is 11.2 Å². The van der Waals surface area contributed by atoms with Crippen LogP contribution in [0, 0.1) is 11.8 Å². The van der Waals surface area contributed by atoms with Crippen LogP contribution in [0.15, 0.2) is 35.5 Å². The summed E-state index contributed by atoms with van der Waals surface area (Å²) in [7, 11) is 0. The molecule has 6 nitrogen and oxygen atoms in total. The third-order valence-electron chi connectivity index (χ3n) is 4.69. The average molecular weight is 378 g/mol. The fourth-order valence-corrected chi connectivity index (χ4v) is 3.47. The van der Waals surface area contributed by atoms with E-state index in [0.717, 1.165) is 18.9 Å². The lowest BCUT2D eigenvalue weighted by molar-refractivity contribution is 0.0307. The molecule has 0 amide bonds. The number of cyclic esters (lactones) is 1. The summed E-state index contributed by atoms with van der Waals surface area (Å²) >= 11 is 6.14. The number of allylic oxidation sites excluding steroid dienone is 4. The van der Waals surface area contributed by atoms with Gasteiger partial charge < -0.3 is 20.2 Å². The number of oxime groups is 1. The van der Waals surface area contributed by atoms with Crippen molar-refractivity contribution in [3.8, 4) is 11.5 Å². The Kier molecular flexibility index (Phi) is 5.23. The number of phenolic OH excluding ortho intramolecular Hbond substituents is 2. The molecular formula is C19H20ClNO5. The molecule has 1 aliphatic heterocycles. The summed E-state index contributed by atoms with van der Waals surface area (Å²) in [5, 5.41) is 32.4. The summed E-state index contributed by atoms with van der Waals surface area (Å²) in [4.78, 5) is 12.6. The van der Waals surface area contributed by atoms with E-state index in [-0.39, 0.29) is 40.1 Å². The van der Waals surface area contributed by atoms with Gasteiger partial charge in [0.25, 0.3) is 0 Å². The van der Waals surface area contributed by atoms with Gasteiger partial charge in [-0.05, 0) is 43.2 Å². The first kappa shape index (κ1) is 18.3. The van der Waals surface area contributed by atoms with E-state index < -0.39 is 11.7 Å². The Morgan fingerprint density at radius 3 is 2.73 bits per heavy atom. The maximum atomic E-state index is 12.6. The lowest BCUT2D eigenvalue weighted by Gasteiger charge is -2.17. The van der Waals surface area contributed by atoms with Crippen LogP contribution in [0.1, 0.15) is 35.7 Å². The first-order valence-corrected chi connectivity index (χ1v) is 8.78. The quantitative estimate of drug-likeness (QED) is 0.362. The number of benzene rings is 1. The minimum Gasteiger partial charge on any atom is -0.507 e. The van der Waals surface area contributed by atoms with Crippen molar-refractivity contribution in [3.63, 3.8) is 0 Å². The number of esters is 1. The van der Waals surface area contributed by atoms with E-state index in [1.807, 2.05) is 13.0 Å². The highest BCUT2D eigenvalue weighted by molar-refractivity contribution is 6.33. The highest BCUT2D eigenvalue weighted by Crippen LogP contribution is 2.44. The molecule has 1 fully saturated rings. The first-order valence-electron chi connectivity index (χ1n) is 8.40. The maximum Gasteiger partial charge on any atom is 0.342 e. The van der Waals surface area contributed by atoms with Crippen LogP contribution < -0.4 is 0 Å². The number of aromatic hydroxyl groups is 2. The van der Waals surface area contributed by atoms with Crippen LogP contribution in [0.5, 0.6) is 11.5 Å². The molecule has 0 radical (unpaired) electrons. The zero-order valence-corrected chi connectivity index (χ0v) is 15.0. The van der Waals surface area contributed by atoms with E-state index >= 15 is 0 Å². The Balaban J connectivity index is 2.05. The standard InChI is InChI=1S/C19H20ClNO5/c1-10-6-12-7-11(12)4-2-3-5-13(21-25)8-14-17(19(24)26-10)15(22)9-16(23)18(14)20/h2-5,9-12,22-23,25H,6-8H2,1H3/b4-2+,5-3+,21-13-/t10-,11+,12+/m1/s1. The van der Waals surface area contributed by atoms with E-state index in [1.54, 1.807) is 12.2 Å². The van der Waals surface area contributed by atoms with Crippen molar-refractivity contribution in [3.05, 3.63) is 46.5 Å². The lowest BCUT2D eigenvalue weighted by atomic mass is 9.99. The summed E-state index contributed by atoms with van der Waals surface area (Å²) in [6.07, 6.45) is 8.67. The highest BCUT2D eigenvalue weighted by atomic mass is 35.5. The second-order valence-electron chi connectivity index (χ2n) is 6.71. The summed E-state index contributed by atoms with van der Waals surface area (Å²) < 4.78 is 5.48. The topological polar surface area (TPSA) is 99.4 Å². The number of carbonyl (C=O) groups excluding carboxylic acids is 1. The third-order valence-corrected chi connectivity index (χ3v) is 5.11. The zero-order valence-electron chi connectivity index (χ0n) is 14.2. The third kappa shape index (κ3) is 3.85. The molecule has 0 aromatic heterocycles. The van der Waals surface area contributed by atoms with E-state index in [0.29, 0.717) is 11.8 Å². The van der Waals surface area contributed by atoms with E-state index in [9.17, 15) is 20.2 Å². The van der Waals surface area contributed by atoms with Gasteiger partial charge in [0.15, 0.2) is 0 Å². The second-order valence-corrected chi connectivity index (χ2v) is 7.08. The Labute approximate surface area is 156 Å². The lowest BCUT2D eigenvalue weighted by Crippen LogP contribution is -2.18. The fourth-order valence-electron chi connectivity index (χ4n) is 3.25. The largest absolute Gasteiger partial charge is 0.507 e. The van der Waals surface area contributed by atoms with Gasteiger partial charge in [-0.3, -0.25) is 0 Å². The van der Waals surface area contributed by atoms with Crippen LogP contribution in [0.2, 0.25) is 5.02 Å². The van der Waals surface area contributed by atoms with Crippen molar-refractivity contribution in [2.75, 3.05) is 0 Å². The normalized spacial score (nSPS) is 29.8. The number of carbonyl (C=O) groups is 1. The number of hydrogen-bond donors (Lipinski definition) is 3. The predicted octanol–water partition coefficient (Wildman–Crippen LogP) is 3.82. The van der Waals surface area contributed by atoms with Crippen LogP contribution in [0.3, 0.4) is 0 Å². The van der Waals surface area contributed by atoms with Crippen molar-refractivity contribution in [1.29, 1.82) is 0 Å². The molecule has 1 aromatic carbocycles. The molecule has 3 rings (SSSR count). The fraction of sp³-hybridized carbons (Fsp3) is 0.368. The molecular weight excluding hydrogens is 358 g/mol. The van der Waals surface area contributed by atoms with Crippen LogP contribution >= 0.6 is 11.6 Å². The molecule has 0 bridgehead atoms. The van der Waals surface area contributed by atoms with E-state index in [2.05, 4.69) is 11.2 Å². The van der Waals surface area contributed by atoms with Gasteiger partial charge >= 0.3 is 5.97 Å². The summed E-state index contributed by atoms with van der Waals surface area (Å²) in [6, 6.07) is 1.00. The van der Waals surface area contributed by atoms with Gasteiger partial charge in [-0.2, -0.15) is 0 Å². The molecule has 1 saturated carbocycles. The summed E-state index contributed by atoms with van der Waals surface area (Å²) in [5.41, 5.74) is 0.228. The van der Waals surface area contributed by atoms with Crippen molar-refractivity contribution in [2.24, 2.45) is 17.0 Å². The number of nitrogens with zero attached hydrogens (tertiary/aromatic N) is 1. The van der Waals surface area contributed by atoms with Crippen molar-refractivity contribution >= 4 is 23.3 Å². The van der Waals surface area contributed by atoms with E-state index in [4.69, 9.17) is 16.3 Å². The number of ether oxygens (including phenoxy) is 1. The molecule has 2 aliphatic rings. The van der Waals surface area contributed by atoms with Gasteiger partial charge in [0.2, 0.25) is 0 Å². The van der Waals surface area contributed by atoms with Gasteiger partial charge in [-0.25, -0.2) is 4.79 Å². The molecule has 0 unspecified atom stereocenters. The van der Waals surface area contributed by atoms with Gasteiger partial charge in [-0.15, -0.1) is 0 Å². The number of hydrogen-bond acceptors (Lipinski definition) is 6.